The summed E-state index contributed by atoms with van der Waals surface area (Å²) >= 11 is 6.41. The zero-order valence-corrected chi connectivity index (χ0v) is 14.6. The maximum Gasteiger partial charge on any atom is 0.325 e. The van der Waals surface area contributed by atoms with Gasteiger partial charge in [-0.2, -0.15) is 0 Å². The zero-order valence-electron chi connectivity index (χ0n) is 11.4. The van der Waals surface area contributed by atoms with Crippen LogP contribution in [0.15, 0.2) is 0 Å². The van der Waals surface area contributed by atoms with Crippen molar-refractivity contribution in [1.82, 2.24) is 0 Å². The number of hydrogen-bond donors (Lipinski definition) is 0. The molecule has 0 aliphatic carbocycles. The summed E-state index contributed by atoms with van der Waals surface area (Å²) < 4.78 is 8.75. The smallest absolute Gasteiger partial charge is 0.325 e. The highest BCUT2D eigenvalue weighted by Crippen LogP contribution is 2.23. The molecule has 0 saturated heterocycles. The first kappa shape index (κ1) is 17.9. The molecule has 0 spiro atoms. The Bertz CT molecular complexity index is 274. The largest absolute Gasteiger partial charge is 0.424 e. The van der Waals surface area contributed by atoms with Crippen LogP contribution in [-0.2, 0) is 19.1 Å². The van der Waals surface area contributed by atoms with Gasteiger partial charge in [-0.1, -0.05) is 38.8 Å². The van der Waals surface area contributed by atoms with E-state index in [1.54, 1.807) is 27.7 Å². The third-order valence-electron chi connectivity index (χ3n) is 1.97. The second-order valence-electron chi connectivity index (χ2n) is 4.97. The van der Waals surface area contributed by atoms with E-state index < -0.39 is 26.9 Å². The minimum absolute atomic E-state index is 0.457. The molecule has 4 nitrogen and oxygen atoms in total. The summed E-state index contributed by atoms with van der Waals surface area (Å²) in [6.45, 7) is 8.62. The van der Waals surface area contributed by atoms with Gasteiger partial charge in [-0.05, 0) is 34.1 Å². The van der Waals surface area contributed by atoms with Crippen molar-refractivity contribution in [1.29, 1.82) is 0 Å². The molecule has 106 valence electrons. The first-order valence-corrected chi connectivity index (χ1v) is 7.37. The minimum Gasteiger partial charge on any atom is -0.424 e. The van der Waals surface area contributed by atoms with Crippen LogP contribution in [0.1, 0.15) is 47.5 Å². The van der Waals surface area contributed by atoms with E-state index in [4.69, 9.17) is 9.47 Å². The average Bonchev–Trinajstić information content (AvgIpc) is 2.14. The maximum absolute atomic E-state index is 11.7. The van der Waals surface area contributed by atoms with E-state index in [1.165, 1.54) is 0 Å². The van der Waals surface area contributed by atoms with Crippen LogP contribution >= 0.6 is 31.9 Å². The quantitative estimate of drug-likeness (QED) is 0.397. The SMILES string of the molecule is CCCC(OC(=O)C(C)(C)Br)OC(=O)C(C)(C)Br. The van der Waals surface area contributed by atoms with Gasteiger partial charge >= 0.3 is 11.9 Å². The molecule has 0 bridgehead atoms. The molecule has 0 N–H and O–H groups in total. The molecule has 18 heavy (non-hydrogen) atoms. The van der Waals surface area contributed by atoms with E-state index in [-0.39, 0.29) is 0 Å². The Morgan fingerprint density at radius 1 is 1.00 bits per heavy atom. The van der Waals surface area contributed by atoms with Crippen LogP contribution in [0, 0.1) is 0 Å². The van der Waals surface area contributed by atoms with Crippen molar-refractivity contribution < 1.29 is 19.1 Å². The number of carbonyl (C=O) groups excluding carboxylic acids is 2. The number of ether oxygens (including phenoxy) is 2. The Labute approximate surface area is 125 Å². The Hall–Kier alpha value is -0.100. The van der Waals surface area contributed by atoms with Gasteiger partial charge in [0.1, 0.15) is 8.65 Å². The zero-order chi connectivity index (χ0) is 14.6. The van der Waals surface area contributed by atoms with Crippen LogP contribution in [0.25, 0.3) is 0 Å². The Morgan fingerprint density at radius 3 is 1.56 bits per heavy atom. The highest BCUT2D eigenvalue weighted by atomic mass is 79.9. The van der Waals surface area contributed by atoms with Crippen molar-refractivity contribution >= 4 is 43.8 Å². The molecule has 0 aromatic carbocycles. The van der Waals surface area contributed by atoms with Crippen LogP contribution in [0.2, 0.25) is 0 Å². The lowest BCUT2D eigenvalue weighted by Crippen LogP contribution is -2.36. The van der Waals surface area contributed by atoms with Crippen molar-refractivity contribution in [2.24, 2.45) is 0 Å². The summed E-state index contributed by atoms with van der Waals surface area (Å²) in [5.41, 5.74) is 0. The summed E-state index contributed by atoms with van der Waals surface area (Å²) in [4.78, 5) is 23.4. The van der Waals surface area contributed by atoms with Gasteiger partial charge in [-0.25, -0.2) is 0 Å². The fourth-order valence-electron chi connectivity index (χ4n) is 0.897. The van der Waals surface area contributed by atoms with Crippen LogP contribution in [-0.4, -0.2) is 26.9 Å². The van der Waals surface area contributed by atoms with Gasteiger partial charge in [0.25, 0.3) is 0 Å². The van der Waals surface area contributed by atoms with E-state index in [9.17, 15) is 9.59 Å². The highest BCUT2D eigenvalue weighted by molar-refractivity contribution is 9.10. The molecular weight excluding hydrogens is 368 g/mol. The standard InChI is InChI=1S/C12H20Br2O4/c1-6-7-8(17-9(15)11(2,3)13)18-10(16)12(4,5)14/h8H,6-7H2,1-5H3. The molecule has 0 aliphatic heterocycles. The van der Waals surface area contributed by atoms with E-state index in [1.807, 2.05) is 6.92 Å². The van der Waals surface area contributed by atoms with Crippen molar-refractivity contribution in [2.45, 2.75) is 62.4 Å². The molecule has 0 aromatic rings. The third-order valence-corrected chi connectivity index (χ3v) is 2.62. The first-order valence-electron chi connectivity index (χ1n) is 5.78. The molecule has 0 unspecified atom stereocenters. The molecule has 0 atom stereocenters. The van der Waals surface area contributed by atoms with Crippen LogP contribution in [0.3, 0.4) is 0 Å². The Kier molecular flexibility index (Phi) is 6.85. The molecule has 0 fully saturated rings. The van der Waals surface area contributed by atoms with Gasteiger partial charge in [0.05, 0.1) is 0 Å². The van der Waals surface area contributed by atoms with Crippen molar-refractivity contribution in [2.75, 3.05) is 0 Å². The van der Waals surface area contributed by atoms with Crippen molar-refractivity contribution in [3.05, 3.63) is 0 Å². The van der Waals surface area contributed by atoms with Crippen LogP contribution in [0.5, 0.6) is 0 Å². The minimum atomic E-state index is -0.844. The summed E-state index contributed by atoms with van der Waals surface area (Å²) in [7, 11) is 0. The summed E-state index contributed by atoms with van der Waals surface area (Å²) in [6.07, 6.45) is 0.379. The molecule has 0 amide bonds. The van der Waals surface area contributed by atoms with E-state index in [0.717, 1.165) is 6.42 Å². The molecule has 0 radical (unpaired) electrons. The summed E-state index contributed by atoms with van der Waals surface area (Å²) in [5.74, 6) is -0.915. The number of carbonyl (C=O) groups is 2. The maximum atomic E-state index is 11.7. The van der Waals surface area contributed by atoms with Crippen LogP contribution in [0.4, 0.5) is 0 Å². The highest BCUT2D eigenvalue weighted by Gasteiger charge is 2.32. The van der Waals surface area contributed by atoms with Gasteiger partial charge in [-0.3, -0.25) is 9.59 Å². The number of esters is 2. The topological polar surface area (TPSA) is 52.6 Å². The number of alkyl halides is 2. The van der Waals surface area contributed by atoms with E-state index >= 15 is 0 Å². The van der Waals surface area contributed by atoms with Crippen molar-refractivity contribution in [3.8, 4) is 0 Å². The third kappa shape index (κ3) is 6.73. The predicted molar refractivity (Wildman–Crippen MR) is 76.9 cm³/mol. The lowest BCUT2D eigenvalue weighted by Gasteiger charge is -2.24. The first-order chi connectivity index (χ1) is 7.98. The lowest BCUT2D eigenvalue weighted by molar-refractivity contribution is -0.191. The Balaban J connectivity index is 4.59. The molecule has 0 heterocycles. The normalized spacial score (nSPS) is 12.4. The molecule has 6 heteroatoms. The second-order valence-corrected chi connectivity index (χ2v) is 8.94. The second kappa shape index (κ2) is 6.89. The fourth-order valence-corrected chi connectivity index (χ4v) is 1.08. The van der Waals surface area contributed by atoms with E-state index in [2.05, 4.69) is 31.9 Å². The summed E-state index contributed by atoms with van der Waals surface area (Å²) in [6, 6.07) is 0. The number of halogens is 2. The molecule has 0 aromatic heterocycles. The monoisotopic (exact) mass is 386 g/mol. The van der Waals surface area contributed by atoms with Crippen LogP contribution < -0.4 is 0 Å². The van der Waals surface area contributed by atoms with Gasteiger partial charge in [-0.15, -0.1) is 0 Å². The lowest BCUT2D eigenvalue weighted by atomic mass is 10.2. The van der Waals surface area contributed by atoms with Gasteiger partial charge in [0, 0.05) is 6.42 Å². The molecular formula is C12H20Br2O4. The molecule has 0 rings (SSSR count). The molecule has 0 saturated carbocycles. The van der Waals surface area contributed by atoms with E-state index in [0.29, 0.717) is 6.42 Å². The Morgan fingerprint density at radius 2 is 1.33 bits per heavy atom. The predicted octanol–water partition coefficient (Wildman–Crippen LogP) is 3.55. The van der Waals surface area contributed by atoms with Crippen molar-refractivity contribution in [3.63, 3.8) is 0 Å². The van der Waals surface area contributed by atoms with Gasteiger partial charge in [0.2, 0.25) is 6.29 Å². The number of hydrogen-bond acceptors (Lipinski definition) is 4. The molecule has 0 aliphatic rings. The average molecular weight is 388 g/mol. The van der Waals surface area contributed by atoms with Gasteiger partial charge < -0.3 is 9.47 Å². The fraction of sp³-hybridized carbons (Fsp3) is 0.833. The number of rotatable bonds is 6. The summed E-state index contributed by atoms with van der Waals surface area (Å²) in [5, 5.41) is 0. The van der Waals surface area contributed by atoms with Gasteiger partial charge in [0.15, 0.2) is 0 Å².